The highest BCUT2D eigenvalue weighted by atomic mass is 35.5. The number of pyridine rings is 1. The van der Waals surface area contributed by atoms with Crippen molar-refractivity contribution < 1.29 is 14.1 Å². The van der Waals surface area contributed by atoms with E-state index in [-0.39, 0.29) is 5.91 Å². The molecule has 0 aliphatic rings. The van der Waals surface area contributed by atoms with Crippen LogP contribution in [0.4, 0.5) is 0 Å². The van der Waals surface area contributed by atoms with Crippen LogP contribution in [0.2, 0.25) is 10.0 Å². The number of carbonyl (C=O) groups excluding carboxylic acids is 1. The summed E-state index contributed by atoms with van der Waals surface area (Å²) in [5.41, 5.74) is 2.50. The number of hydrogen-bond acceptors (Lipinski definition) is 2. The SMILES string of the molecule is CCCCCCCCCCCCCCCCOc1ccc(CN(Cc2cc[n+](CCC)cc2)C(=O)c2ccccc2Cl)cc1Cl. The number of halogens is 2. The molecule has 0 saturated heterocycles. The number of carbonyl (C=O) groups is 1. The van der Waals surface area contributed by atoms with Crippen LogP contribution in [0.15, 0.2) is 67.0 Å². The standard InChI is InChI=1S/C39H55Cl2N2O2/c1-3-5-6-7-8-9-10-11-12-13-14-15-16-19-29-45-38-23-22-34(30-37(38)41)32-43(39(44)35-20-17-18-21-36(35)40)31-33-24-27-42(26-4-2)28-25-33/h17-18,20-25,27-28,30H,3-16,19,26,29,31-32H2,1-2H3/q+1. The first-order valence-electron chi connectivity index (χ1n) is 17.4. The minimum atomic E-state index is -0.111. The van der Waals surface area contributed by atoms with E-state index in [0.29, 0.717) is 41.1 Å². The van der Waals surface area contributed by atoms with E-state index in [2.05, 4.69) is 42.9 Å². The largest absolute Gasteiger partial charge is 0.492 e. The number of benzene rings is 2. The maximum Gasteiger partial charge on any atom is 0.255 e. The zero-order valence-electron chi connectivity index (χ0n) is 27.8. The average molecular weight is 655 g/mol. The first kappa shape index (κ1) is 36.9. The monoisotopic (exact) mass is 653 g/mol. The Bertz CT molecular complexity index is 1250. The van der Waals surface area contributed by atoms with Gasteiger partial charge in [-0.2, -0.15) is 0 Å². The Kier molecular flexibility index (Phi) is 18.1. The summed E-state index contributed by atoms with van der Waals surface area (Å²) in [5, 5.41) is 1.02. The van der Waals surface area contributed by atoms with Crippen LogP contribution in [0.3, 0.4) is 0 Å². The number of amides is 1. The second-order valence-corrected chi connectivity index (χ2v) is 13.1. The van der Waals surface area contributed by atoms with Gasteiger partial charge in [0.1, 0.15) is 12.3 Å². The van der Waals surface area contributed by atoms with Gasteiger partial charge in [0.2, 0.25) is 0 Å². The minimum Gasteiger partial charge on any atom is -0.492 e. The summed E-state index contributed by atoms with van der Waals surface area (Å²) in [5.74, 6) is 0.586. The first-order chi connectivity index (χ1) is 22.0. The number of hydrogen-bond donors (Lipinski definition) is 0. The summed E-state index contributed by atoms with van der Waals surface area (Å²) in [7, 11) is 0. The average Bonchev–Trinajstić information content (AvgIpc) is 3.04. The van der Waals surface area contributed by atoms with E-state index in [0.717, 1.165) is 30.5 Å². The zero-order valence-corrected chi connectivity index (χ0v) is 29.3. The van der Waals surface area contributed by atoms with Crippen molar-refractivity contribution in [1.29, 1.82) is 0 Å². The van der Waals surface area contributed by atoms with Crippen LogP contribution in [0, 0.1) is 0 Å². The second-order valence-electron chi connectivity index (χ2n) is 12.3. The molecule has 0 aliphatic heterocycles. The summed E-state index contributed by atoms with van der Waals surface area (Å²) in [6.07, 6.45) is 23.9. The molecule has 0 saturated carbocycles. The van der Waals surface area contributed by atoms with Crippen molar-refractivity contribution in [3.63, 3.8) is 0 Å². The van der Waals surface area contributed by atoms with Crippen molar-refractivity contribution in [2.24, 2.45) is 0 Å². The molecule has 45 heavy (non-hydrogen) atoms. The smallest absolute Gasteiger partial charge is 0.255 e. The van der Waals surface area contributed by atoms with E-state index in [9.17, 15) is 4.79 Å². The topological polar surface area (TPSA) is 33.4 Å². The summed E-state index contributed by atoms with van der Waals surface area (Å²) < 4.78 is 8.18. The van der Waals surface area contributed by atoms with E-state index in [1.807, 2.05) is 35.2 Å². The third-order valence-electron chi connectivity index (χ3n) is 8.33. The van der Waals surface area contributed by atoms with E-state index in [4.69, 9.17) is 27.9 Å². The molecular formula is C39H55Cl2N2O2+. The van der Waals surface area contributed by atoms with Gasteiger partial charge in [0.05, 0.1) is 22.2 Å². The lowest BCUT2D eigenvalue weighted by Crippen LogP contribution is -2.33. The molecule has 0 unspecified atom stereocenters. The van der Waals surface area contributed by atoms with Crippen LogP contribution >= 0.6 is 23.2 Å². The number of nitrogens with zero attached hydrogens (tertiary/aromatic N) is 2. The van der Waals surface area contributed by atoms with Gasteiger partial charge in [0.25, 0.3) is 5.91 Å². The molecular weight excluding hydrogens is 599 g/mol. The van der Waals surface area contributed by atoms with Gasteiger partial charge in [-0.1, -0.05) is 139 Å². The number of rotatable bonds is 23. The maximum atomic E-state index is 13.6. The Balaban J connectivity index is 1.43. The number of aromatic nitrogens is 1. The Morgan fingerprint density at radius 2 is 1.24 bits per heavy atom. The Morgan fingerprint density at radius 3 is 1.82 bits per heavy atom. The Labute approximate surface area is 283 Å². The molecule has 0 N–H and O–H groups in total. The molecule has 1 heterocycles. The zero-order chi connectivity index (χ0) is 32.1. The minimum absolute atomic E-state index is 0.111. The summed E-state index contributed by atoms with van der Waals surface area (Å²) in [6, 6.07) is 17.2. The lowest BCUT2D eigenvalue weighted by Gasteiger charge is -2.24. The third-order valence-corrected chi connectivity index (χ3v) is 8.96. The van der Waals surface area contributed by atoms with Gasteiger partial charge in [0.15, 0.2) is 12.4 Å². The van der Waals surface area contributed by atoms with Gasteiger partial charge >= 0.3 is 0 Å². The summed E-state index contributed by atoms with van der Waals surface area (Å²) in [6.45, 7) is 6.95. The van der Waals surface area contributed by atoms with E-state index >= 15 is 0 Å². The predicted molar refractivity (Wildman–Crippen MR) is 189 cm³/mol. The number of aryl methyl sites for hydroxylation is 1. The fraction of sp³-hybridized carbons (Fsp3) is 0.538. The Hall–Kier alpha value is -2.56. The van der Waals surface area contributed by atoms with Crippen molar-refractivity contribution in [1.82, 2.24) is 4.90 Å². The second kappa shape index (κ2) is 22.0. The molecule has 2 aromatic carbocycles. The Morgan fingerprint density at radius 1 is 0.667 bits per heavy atom. The van der Waals surface area contributed by atoms with Gasteiger partial charge in [-0.3, -0.25) is 4.79 Å². The molecule has 0 radical (unpaired) electrons. The van der Waals surface area contributed by atoms with Crippen molar-refractivity contribution in [2.75, 3.05) is 6.61 Å². The molecule has 1 amide bonds. The van der Waals surface area contributed by atoms with Gasteiger partial charge in [-0.15, -0.1) is 0 Å². The fourth-order valence-corrected chi connectivity index (χ4v) is 6.16. The van der Waals surface area contributed by atoms with Gasteiger partial charge in [0, 0.05) is 31.6 Å². The first-order valence-corrected chi connectivity index (χ1v) is 18.2. The molecule has 0 bridgehead atoms. The van der Waals surface area contributed by atoms with Crippen molar-refractivity contribution in [3.05, 3.63) is 93.7 Å². The van der Waals surface area contributed by atoms with Crippen molar-refractivity contribution in [2.45, 2.75) is 130 Å². The molecule has 3 aromatic rings. The fourth-order valence-electron chi connectivity index (χ4n) is 5.68. The third kappa shape index (κ3) is 14.2. The van der Waals surface area contributed by atoms with Crippen LogP contribution < -0.4 is 9.30 Å². The quantitative estimate of drug-likeness (QED) is 0.0753. The molecule has 6 heteroatoms. The normalized spacial score (nSPS) is 11.1. The molecule has 0 fully saturated rings. The number of unbranched alkanes of at least 4 members (excludes halogenated alkanes) is 13. The predicted octanol–water partition coefficient (Wildman–Crippen LogP) is 11.4. The van der Waals surface area contributed by atoms with Crippen LogP contribution in [0.1, 0.15) is 132 Å². The van der Waals surface area contributed by atoms with Crippen LogP contribution in [0.5, 0.6) is 5.75 Å². The van der Waals surface area contributed by atoms with E-state index < -0.39 is 0 Å². The maximum absolute atomic E-state index is 13.6. The molecule has 3 rings (SSSR count). The van der Waals surface area contributed by atoms with Crippen molar-refractivity contribution >= 4 is 29.1 Å². The summed E-state index contributed by atoms with van der Waals surface area (Å²) in [4.78, 5) is 15.5. The molecule has 0 spiro atoms. The van der Waals surface area contributed by atoms with E-state index in [1.54, 1.807) is 12.1 Å². The van der Waals surface area contributed by atoms with E-state index in [1.165, 1.54) is 83.5 Å². The van der Waals surface area contributed by atoms with Gasteiger partial charge in [-0.25, -0.2) is 4.57 Å². The highest BCUT2D eigenvalue weighted by Crippen LogP contribution is 2.28. The van der Waals surface area contributed by atoms with Gasteiger partial charge in [-0.05, 0) is 41.8 Å². The van der Waals surface area contributed by atoms with Crippen LogP contribution in [-0.2, 0) is 19.6 Å². The molecule has 1 aromatic heterocycles. The highest BCUT2D eigenvalue weighted by molar-refractivity contribution is 6.33. The van der Waals surface area contributed by atoms with Crippen LogP contribution in [-0.4, -0.2) is 17.4 Å². The molecule has 0 aliphatic carbocycles. The lowest BCUT2D eigenvalue weighted by molar-refractivity contribution is -0.697. The van der Waals surface area contributed by atoms with Crippen LogP contribution in [0.25, 0.3) is 0 Å². The van der Waals surface area contributed by atoms with Gasteiger partial charge < -0.3 is 9.64 Å². The molecule has 0 atom stereocenters. The number of ether oxygens (including phenoxy) is 1. The molecule has 246 valence electrons. The molecule has 4 nitrogen and oxygen atoms in total. The summed E-state index contributed by atoms with van der Waals surface area (Å²) >= 11 is 13.1. The van der Waals surface area contributed by atoms with Crippen molar-refractivity contribution in [3.8, 4) is 5.75 Å². The lowest BCUT2D eigenvalue weighted by atomic mass is 10.0. The highest BCUT2D eigenvalue weighted by Gasteiger charge is 2.20.